The number of carbonyl (C=O) groups excluding carboxylic acids is 2. The number of nitrogens with zero attached hydrogens (tertiary/aromatic N) is 4. The van der Waals surface area contributed by atoms with Crippen molar-refractivity contribution in [2.24, 2.45) is 5.73 Å². The molecule has 0 saturated carbocycles. The van der Waals surface area contributed by atoms with Crippen molar-refractivity contribution in [2.45, 2.75) is 39.8 Å². The molecule has 8 heteroatoms. The number of benzene rings is 2. The minimum atomic E-state index is -0.521. The molecule has 2 amide bonds. The third-order valence-corrected chi connectivity index (χ3v) is 5.52. The summed E-state index contributed by atoms with van der Waals surface area (Å²) >= 11 is 0. The highest BCUT2D eigenvalue weighted by atomic mass is 16.2. The van der Waals surface area contributed by atoms with E-state index in [0.29, 0.717) is 35.8 Å². The average molecular weight is 431 g/mol. The molecule has 1 atom stereocenters. The standard InChI is InChI=1S/C24H26N6O2/c1-4-30-21(12-16(3)28-30)23(32)27-24-26-19-13-18(22(25)31)10-11-20(19)29(24)14-15(2)17-8-6-5-7-9-17/h5-13,15H,4,14H2,1-3H3,(H2,25,31)(H,26,27,32)/t15-/m1/s1. The Morgan fingerprint density at radius 2 is 1.88 bits per heavy atom. The van der Waals surface area contributed by atoms with Crippen molar-refractivity contribution >= 4 is 28.8 Å². The molecule has 2 heterocycles. The topological polar surface area (TPSA) is 108 Å². The number of nitrogens with two attached hydrogens (primary N) is 1. The fourth-order valence-corrected chi connectivity index (χ4v) is 3.86. The molecule has 0 aliphatic heterocycles. The quantitative estimate of drug-likeness (QED) is 0.466. The van der Waals surface area contributed by atoms with Gasteiger partial charge in [0.1, 0.15) is 5.69 Å². The molecular weight excluding hydrogens is 404 g/mol. The Morgan fingerprint density at radius 3 is 2.56 bits per heavy atom. The highest BCUT2D eigenvalue weighted by molar-refractivity contribution is 6.03. The van der Waals surface area contributed by atoms with Gasteiger partial charge in [0.25, 0.3) is 5.91 Å². The Balaban J connectivity index is 1.74. The maximum absolute atomic E-state index is 13.1. The van der Waals surface area contributed by atoms with E-state index >= 15 is 0 Å². The number of rotatable bonds is 7. The second-order valence-electron chi connectivity index (χ2n) is 7.87. The van der Waals surface area contributed by atoms with E-state index in [0.717, 1.165) is 11.2 Å². The first kappa shape index (κ1) is 21.3. The molecule has 0 fully saturated rings. The Labute approximate surface area is 186 Å². The van der Waals surface area contributed by atoms with Crippen molar-refractivity contribution in [3.05, 3.63) is 77.1 Å². The molecule has 4 rings (SSSR count). The summed E-state index contributed by atoms with van der Waals surface area (Å²) in [6.07, 6.45) is 0. The summed E-state index contributed by atoms with van der Waals surface area (Å²) in [5.41, 5.74) is 9.65. The van der Waals surface area contributed by atoms with E-state index in [2.05, 4.69) is 34.5 Å². The molecule has 0 spiro atoms. The third kappa shape index (κ3) is 4.12. The largest absolute Gasteiger partial charge is 0.366 e. The third-order valence-electron chi connectivity index (χ3n) is 5.52. The van der Waals surface area contributed by atoms with Crippen LogP contribution in [0.3, 0.4) is 0 Å². The molecule has 4 aromatic rings. The normalized spacial score (nSPS) is 12.1. The average Bonchev–Trinajstić information content (AvgIpc) is 3.33. The number of fused-ring (bicyclic) bond motifs is 1. The van der Waals surface area contributed by atoms with E-state index in [9.17, 15) is 9.59 Å². The first-order chi connectivity index (χ1) is 15.4. The van der Waals surface area contributed by atoms with Gasteiger partial charge in [0.15, 0.2) is 0 Å². The van der Waals surface area contributed by atoms with Crippen molar-refractivity contribution in [3.63, 3.8) is 0 Å². The van der Waals surface area contributed by atoms with Crippen LogP contribution in [0.25, 0.3) is 11.0 Å². The maximum Gasteiger partial charge on any atom is 0.276 e. The lowest BCUT2D eigenvalue weighted by Gasteiger charge is -2.16. The summed E-state index contributed by atoms with van der Waals surface area (Å²) in [5.74, 6) is -0.224. The van der Waals surface area contributed by atoms with Gasteiger partial charge < -0.3 is 10.3 Å². The predicted molar refractivity (Wildman–Crippen MR) is 124 cm³/mol. The van der Waals surface area contributed by atoms with Gasteiger partial charge in [0.2, 0.25) is 11.9 Å². The van der Waals surface area contributed by atoms with Gasteiger partial charge in [-0.2, -0.15) is 5.10 Å². The zero-order valence-corrected chi connectivity index (χ0v) is 18.4. The number of anilines is 1. The number of carbonyl (C=O) groups is 2. The van der Waals surface area contributed by atoms with Gasteiger partial charge in [-0.05, 0) is 49.6 Å². The van der Waals surface area contributed by atoms with Crippen LogP contribution in [0.2, 0.25) is 0 Å². The Bertz CT molecular complexity index is 1290. The fraction of sp³-hybridized carbons (Fsp3) is 0.250. The molecular formula is C24H26N6O2. The maximum atomic E-state index is 13.1. The van der Waals surface area contributed by atoms with Gasteiger partial charge >= 0.3 is 0 Å². The SMILES string of the molecule is CCn1nc(C)cc1C(=O)Nc1nc2cc(C(N)=O)ccc2n1C[C@@H](C)c1ccccc1. The van der Waals surface area contributed by atoms with Gasteiger partial charge in [0.05, 0.1) is 16.7 Å². The first-order valence-corrected chi connectivity index (χ1v) is 10.6. The summed E-state index contributed by atoms with van der Waals surface area (Å²) in [7, 11) is 0. The lowest BCUT2D eigenvalue weighted by atomic mass is 10.0. The van der Waals surface area contributed by atoms with E-state index in [1.54, 1.807) is 22.9 Å². The van der Waals surface area contributed by atoms with Crippen molar-refractivity contribution in [1.29, 1.82) is 0 Å². The van der Waals surface area contributed by atoms with Crippen LogP contribution in [0.4, 0.5) is 5.95 Å². The van der Waals surface area contributed by atoms with E-state index in [-0.39, 0.29) is 11.8 Å². The van der Waals surface area contributed by atoms with Gasteiger partial charge in [-0.15, -0.1) is 0 Å². The molecule has 2 aromatic carbocycles. The second-order valence-corrected chi connectivity index (χ2v) is 7.87. The number of hydrogen-bond acceptors (Lipinski definition) is 4. The fourth-order valence-electron chi connectivity index (χ4n) is 3.86. The number of primary amides is 1. The lowest BCUT2D eigenvalue weighted by molar-refractivity contribution is 0.0996. The number of imidazole rings is 1. The van der Waals surface area contributed by atoms with E-state index in [1.165, 1.54) is 5.56 Å². The molecule has 8 nitrogen and oxygen atoms in total. The minimum absolute atomic E-state index is 0.170. The van der Waals surface area contributed by atoms with Crippen LogP contribution in [0.1, 0.15) is 51.9 Å². The number of aromatic nitrogens is 4. The van der Waals surface area contributed by atoms with Crippen molar-refractivity contribution in [1.82, 2.24) is 19.3 Å². The van der Waals surface area contributed by atoms with Gasteiger partial charge in [-0.3, -0.25) is 19.6 Å². The molecule has 0 unspecified atom stereocenters. The highest BCUT2D eigenvalue weighted by Crippen LogP contribution is 2.26. The Kier molecular flexibility index (Phi) is 5.77. The Hall–Kier alpha value is -3.94. The van der Waals surface area contributed by atoms with Crippen molar-refractivity contribution in [3.8, 4) is 0 Å². The van der Waals surface area contributed by atoms with Crippen LogP contribution < -0.4 is 11.1 Å². The van der Waals surface area contributed by atoms with Gasteiger partial charge in [0, 0.05) is 18.7 Å². The van der Waals surface area contributed by atoms with Crippen molar-refractivity contribution in [2.75, 3.05) is 5.32 Å². The molecule has 0 saturated heterocycles. The molecule has 0 aliphatic rings. The van der Waals surface area contributed by atoms with E-state index in [1.807, 2.05) is 42.7 Å². The van der Waals surface area contributed by atoms with Crippen LogP contribution in [-0.2, 0) is 13.1 Å². The van der Waals surface area contributed by atoms with E-state index in [4.69, 9.17) is 5.73 Å². The van der Waals surface area contributed by atoms with Crippen LogP contribution in [0.5, 0.6) is 0 Å². The first-order valence-electron chi connectivity index (χ1n) is 10.6. The number of amides is 2. The zero-order chi connectivity index (χ0) is 22.8. The summed E-state index contributed by atoms with van der Waals surface area (Å²) < 4.78 is 3.63. The summed E-state index contributed by atoms with van der Waals surface area (Å²) in [4.78, 5) is 29.3. The molecule has 3 N–H and O–H groups in total. The summed E-state index contributed by atoms with van der Waals surface area (Å²) in [6, 6.07) is 17.1. The Morgan fingerprint density at radius 1 is 1.12 bits per heavy atom. The van der Waals surface area contributed by atoms with Gasteiger partial charge in [-0.25, -0.2) is 4.98 Å². The van der Waals surface area contributed by atoms with Crippen LogP contribution in [0.15, 0.2) is 54.6 Å². The molecule has 32 heavy (non-hydrogen) atoms. The number of nitrogens with one attached hydrogen (secondary N) is 1. The predicted octanol–water partition coefficient (Wildman–Crippen LogP) is 3.72. The monoisotopic (exact) mass is 430 g/mol. The summed E-state index contributed by atoms with van der Waals surface area (Å²) in [6.45, 7) is 7.09. The second kappa shape index (κ2) is 8.66. The molecule has 0 aliphatic carbocycles. The molecule has 2 aromatic heterocycles. The smallest absolute Gasteiger partial charge is 0.276 e. The number of hydrogen-bond donors (Lipinski definition) is 2. The highest BCUT2D eigenvalue weighted by Gasteiger charge is 2.20. The molecule has 0 radical (unpaired) electrons. The van der Waals surface area contributed by atoms with Crippen LogP contribution in [-0.4, -0.2) is 31.1 Å². The minimum Gasteiger partial charge on any atom is -0.366 e. The van der Waals surface area contributed by atoms with Crippen molar-refractivity contribution < 1.29 is 9.59 Å². The number of aryl methyl sites for hydroxylation is 2. The molecule has 164 valence electrons. The van der Waals surface area contributed by atoms with E-state index < -0.39 is 5.91 Å². The molecule has 0 bridgehead atoms. The summed E-state index contributed by atoms with van der Waals surface area (Å²) in [5, 5.41) is 7.30. The zero-order valence-electron chi connectivity index (χ0n) is 18.4. The lowest BCUT2D eigenvalue weighted by Crippen LogP contribution is -2.20. The van der Waals surface area contributed by atoms with Crippen LogP contribution >= 0.6 is 0 Å². The van der Waals surface area contributed by atoms with Crippen LogP contribution in [0, 0.1) is 6.92 Å². The van der Waals surface area contributed by atoms with Gasteiger partial charge in [-0.1, -0.05) is 37.3 Å².